The van der Waals surface area contributed by atoms with E-state index in [1.54, 1.807) is 0 Å². The summed E-state index contributed by atoms with van der Waals surface area (Å²) in [7, 11) is 0. The molecule has 0 amide bonds. The summed E-state index contributed by atoms with van der Waals surface area (Å²) in [5.74, 6) is 0.576. The van der Waals surface area contributed by atoms with Gasteiger partial charge in [0.2, 0.25) is 0 Å². The van der Waals surface area contributed by atoms with Gasteiger partial charge in [0.05, 0.1) is 6.42 Å². The number of esters is 1. The summed E-state index contributed by atoms with van der Waals surface area (Å²) >= 11 is 0. The normalized spacial score (nSPS) is 13.3. The molecule has 0 atom stereocenters. The van der Waals surface area contributed by atoms with Gasteiger partial charge in [0, 0.05) is 5.56 Å². The highest BCUT2D eigenvalue weighted by molar-refractivity contribution is 5.91. The number of aryl methyl sites for hydroxylation is 1. The SMILES string of the molecule is Cc1ccc(-c2ccc3ccccc3c2)c2c1OC(=O)C2. The average Bonchev–Trinajstić information content (AvgIpc) is 2.90. The van der Waals surface area contributed by atoms with Crippen molar-refractivity contribution in [3.05, 3.63) is 65.7 Å². The van der Waals surface area contributed by atoms with Crippen LogP contribution in [-0.2, 0) is 11.2 Å². The molecule has 0 aromatic heterocycles. The quantitative estimate of drug-likeness (QED) is 0.489. The van der Waals surface area contributed by atoms with Gasteiger partial charge in [0.1, 0.15) is 5.75 Å². The van der Waals surface area contributed by atoms with Crippen LogP contribution in [0.15, 0.2) is 54.6 Å². The highest BCUT2D eigenvalue weighted by Gasteiger charge is 2.25. The van der Waals surface area contributed by atoms with Gasteiger partial charge in [-0.1, -0.05) is 48.5 Å². The van der Waals surface area contributed by atoms with Gasteiger partial charge in [-0.2, -0.15) is 0 Å². The molecular weight excluding hydrogens is 260 g/mol. The molecule has 0 fully saturated rings. The Kier molecular flexibility index (Phi) is 2.58. The van der Waals surface area contributed by atoms with Gasteiger partial charge >= 0.3 is 5.97 Å². The van der Waals surface area contributed by atoms with Crippen molar-refractivity contribution in [2.75, 3.05) is 0 Å². The van der Waals surface area contributed by atoms with Gasteiger partial charge in [-0.3, -0.25) is 4.79 Å². The third kappa shape index (κ3) is 1.91. The molecular formula is C19H14O2. The Morgan fingerprint density at radius 3 is 2.62 bits per heavy atom. The molecule has 0 bridgehead atoms. The van der Waals surface area contributed by atoms with E-state index in [4.69, 9.17) is 4.74 Å². The maximum absolute atomic E-state index is 11.6. The molecule has 1 aliphatic heterocycles. The first kappa shape index (κ1) is 12.2. The molecule has 102 valence electrons. The summed E-state index contributed by atoms with van der Waals surface area (Å²) < 4.78 is 5.35. The van der Waals surface area contributed by atoms with Crippen molar-refractivity contribution in [1.29, 1.82) is 0 Å². The van der Waals surface area contributed by atoms with Crippen molar-refractivity contribution < 1.29 is 9.53 Å². The number of hydrogen-bond donors (Lipinski definition) is 0. The van der Waals surface area contributed by atoms with Crippen molar-refractivity contribution in [3.63, 3.8) is 0 Å². The summed E-state index contributed by atoms with van der Waals surface area (Å²) in [5, 5.41) is 2.42. The minimum Gasteiger partial charge on any atom is -0.426 e. The second kappa shape index (κ2) is 4.45. The fourth-order valence-electron chi connectivity index (χ4n) is 2.98. The standard InChI is InChI=1S/C19H14O2/c1-12-6-9-16(17-11-18(20)21-19(12)17)15-8-7-13-4-2-3-5-14(13)10-15/h2-10H,11H2,1H3. The number of hydrogen-bond acceptors (Lipinski definition) is 2. The van der Waals surface area contributed by atoms with Crippen LogP contribution in [-0.4, -0.2) is 5.97 Å². The number of benzene rings is 3. The predicted octanol–water partition coefficient (Wildman–Crippen LogP) is 4.28. The minimum atomic E-state index is -0.165. The van der Waals surface area contributed by atoms with Crippen molar-refractivity contribution in [1.82, 2.24) is 0 Å². The number of rotatable bonds is 1. The van der Waals surface area contributed by atoms with Crippen LogP contribution < -0.4 is 4.74 Å². The Morgan fingerprint density at radius 1 is 0.952 bits per heavy atom. The fraction of sp³-hybridized carbons (Fsp3) is 0.105. The molecule has 0 unspecified atom stereocenters. The molecule has 0 N–H and O–H groups in total. The first-order valence-electron chi connectivity index (χ1n) is 7.05. The van der Waals surface area contributed by atoms with E-state index in [1.807, 2.05) is 25.1 Å². The van der Waals surface area contributed by atoms with Crippen LogP contribution in [0.4, 0.5) is 0 Å². The van der Waals surface area contributed by atoms with Crippen molar-refractivity contribution in [2.45, 2.75) is 13.3 Å². The Labute approximate surface area is 123 Å². The number of fused-ring (bicyclic) bond motifs is 2. The summed E-state index contributed by atoms with van der Waals surface area (Å²) in [5.41, 5.74) is 4.24. The van der Waals surface area contributed by atoms with Crippen LogP contribution in [0.25, 0.3) is 21.9 Å². The number of carbonyl (C=O) groups excluding carboxylic acids is 1. The number of ether oxygens (including phenoxy) is 1. The first-order valence-corrected chi connectivity index (χ1v) is 7.05. The second-order valence-electron chi connectivity index (χ2n) is 5.45. The van der Waals surface area contributed by atoms with Crippen LogP contribution in [0, 0.1) is 6.92 Å². The Hall–Kier alpha value is -2.61. The lowest BCUT2D eigenvalue weighted by molar-refractivity contribution is -0.131. The molecule has 1 heterocycles. The van der Waals surface area contributed by atoms with Gasteiger partial charge in [0.15, 0.2) is 0 Å². The van der Waals surface area contributed by atoms with E-state index in [0.29, 0.717) is 6.42 Å². The third-order valence-corrected chi connectivity index (χ3v) is 4.05. The number of carbonyl (C=O) groups is 1. The molecule has 2 nitrogen and oxygen atoms in total. The van der Waals surface area contributed by atoms with Crippen LogP contribution in [0.1, 0.15) is 11.1 Å². The Balaban J connectivity index is 1.93. The van der Waals surface area contributed by atoms with E-state index < -0.39 is 0 Å². The molecule has 1 aliphatic rings. The minimum absolute atomic E-state index is 0.165. The van der Waals surface area contributed by atoms with E-state index >= 15 is 0 Å². The zero-order chi connectivity index (χ0) is 14.4. The molecule has 0 saturated carbocycles. The van der Waals surface area contributed by atoms with Crippen LogP contribution in [0.2, 0.25) is 0 Å². The van der Waals surface area contributed by atoms with Crippen LogP contribution in [0.3, 0.4) is 0 Å². The zero-order valence-corrected chi connectivity index (χ0v) is 11.7. The largest absolute Gasteiger partial charge is 0.426 e. The monoisotopic (exact) mass is 274 g/mol. The smallest absolute Gasteiger partial charge is 0.315 e. The molecule has 0 spiro atoms. The fourth-order valence-corrected chi connectivity index (χ4v) is 2.98. The van der Waals surface area contributed by atoms with E-state index in [1.165, 1.54) is 10.8 Å². The topological polar surface area (TPSA) is 26.3 Å². The highest BCUT2D eigenvalue weighted by atomic mass is 16.5. The highest BCUT2D eigenvalue weighted by Crippen LogP contribution is 2.38. The first-order chi connectivity index (χ1) is 10.2. The van der Waals surface area contributed by atoms with Crippen molar-refractivity contribution in [2.24, 2.45) is 0 Å². The summed E-state index contributed by atoms with van der Waals surface area (Å²) in [6.45, 7) is 1.97. The average molecular weight is 274 g/mol. The molecule has 21 heavy (non-hydrogen) atoms. The lowest BCUT2D eigenvalue weighted by Crippen LogP contribution is -2.00. The molecule has 3 aromatic carbocycles. The maximum Gasteiger partial charge on any atom is 0.315 e. The van der Waals surface area contributed by atoms with E-state index in [2.05, 4.69) is 36.4 Å². The summed E-state index contributed by atoms with van der Waals surface area (Å²) in [6, 6.07) is 18.8. The Morgan fingerprint density at radius 2 is 1.76 bits per heavy atom. The van der Waals surface area contributed by atoms with Gasteiger partial charge in [-0.25, -0.2) is 0 Å². The predicted molar refractivity (Wildman–Crippen MR) is 83.5 cm³/mol. The molecule has 0 aliphatic carbocycles. The summed E-state index contributed by atoms with van der Waals surface area (Å²) in [6.07, 6.45) is 0.360. The molecule has 0 saturated heterocycles. The van der Waals surface area contributed by atoms with Crippen LogP contribution in [0.5, 0.6) is 5.75 Å². The van der Waals surface area contributed by atoms with Gasteiger partial charge in [0.25, 0.3) is 0 Å². The van der Waals surface area contributed by atoms with E-state index in [0.717, 1.165) is 28.0 Å². The van der Waals surface area contributed by atoms with E-state index in [-0.39, 0.29) is 5.97 Å². The van der Waals surface area contributed by atoms with Crippen molar-refractivity contribution in [3.8, 4) is 16.9 Å². The van der Waals surface area contributed by atoms with E-state index in [9.17, 15) is 4.79 Å². The van der Waals surface area contributed by atoms with Crippen molar-refractivity contribution >= 4 is 16.7 Å². The molecule has 2 heteroatoms. The summed E-state index contributed by atoms with van der Waals surface area (Å²) in [4.78, 5) is 11.6. The third-order valence-electron chi connectivity index (χ3n) is 4.05. The zero-order valence-electron chi connectivity index (χ0n) is 11.7. The molecule has 4 rings (SSSR count). The van der Waals surface area contributed by atoms with Gasteiger partial charge < -0.3 is 4.74 Å². The molecule has 3 aromatic rings. The van der Waals surface area contributed by atoms with Gasteiger partial charge in [-0.15, -0.1) is 0 Å². The van der Waals surface area contributed by atoms with Crippen LogP contribution >= 0.6 is 0 Å². The van der Waals surface area contributed by atoms with Gasteiger partial charge in [-0.05, 0) is 40.5 Å². The molecule has 0 radical (unpaired) electrons. The maximum atomic E-state index is 11.6. The second-order valence-corrected chi connectivity index (χ2v) is 5.45. The lowest BCUT2D eigenvalue weighted by atomic mass is 9.94. The lowest BCUT2D eigenvalue weighted by Gasteiger charge is -2.10. The Bertz CT molecular complexity index is 878.